The van der Waals surface area contributed by atoms with Gasteiger partial charge in [-0.25, -0.2) is 4.98 Å². The molecule has 37 valence electrons. The van der Waals surface area contributed by atoms with E-state index in [1.54, 1.807) is 13.1 Å². The van der Waals surface area contributed by atoms with Crippen molar-refractivity contribution in [1.82, 2.24) is 4.98 Å². The van der Waals surface area contributed by atoms with Gasteiger partial charge in [0, 0.05) is 13.8 Å². The van der Waals surface area contributed by atoms with Crippen molar-refractivity contribution in [3.63, 3.8) is 0 Å². The van der Waals surface area contributed by atoms with Crippen molar-refractivity contribution in [1.29, 1.82) is 0 Å². The van der Waals surface area contributed by atoms with Crippen LogP contribution in [0, 0.1) is 13.8 Å². The molecule has 0 saturated heterocycles. The Kier molecular flexibility index (Phi) is 0.855. The summed E-state index contributed by atoms with van der Waals surface area (Å²) in [7, 11) is 0. The van der Waals surface area contributed by atoms with Crippen molar-refractivity contribution in [3.05, 3.63) is 24.8 Å². The fourth-order valence-electron chi connectivity index (χ4n) is 0.405. The van der Waals surface area contributed by atoms with Gasteiger partial charge in [0.2, 0.25) is 0 Å². The molecule has 0 fully saturated rings. The van der Waals surface area contributed by atoms with Crippen molar-refractivity contribution in [2.24, 2.45) is 0 Å². The van der Waals surface area contributed by atoms with Crippen molar-refractivity contribution < 1.29 is 4.42 Å². The summed E-state index contributed by atoms with van der Waals surface area (Å²) in [6.45, 7) is 5.30. The van der Waals surface area contributed by atoms with Crippen LogP contribution in [-0.4, -0.2) is 4.98 Å². The summed E-state index contributed by atoms with van der Waals surface area (Å²) in [6.07, 6.45) is 1.59. The Morgan fingerprint density at radius 1 is 1.86 bits per heavy atom. The zero-order valence-electron chi connectivity index (χ0n) is 4.14. The number of aromatic nitrogens is 1. The van der Waals surface area contributed by atoms with E-state index in [0.29, 0.717) is 11.7 Å². The number of hydrogen-bond donors (Lipinski definition) is 0. The number of oxazole rings is 1. The predicted octanol–water partition coefficient (Wildman–Crippen LogP) is 1.17. The number of rotatable bonds is 0. The molecule has 1 aromatic rings. The third-order valence-corrected chi connectivity index (χ3v) is 0.669. The van der Waals surface area contributed by atoms with Crippen LogP contribution >= 0.6 is 0 Å². The second-order valence-corrected chi connectivity index (χ2v) is 1.35. The van der Waals surface area contributed by atoms with Crippen LogP contribution < -0.4 is 0 Å². The van der Waals surface area contributed by atoms with E-state index >= 15 is 0 Å². The van der Waals surface area contributed by atoms with Crippen molar-refractivity contribution in [2.45, 2.75) is 6.92 Å². The zero-order valence-corrected chi connectivity index (χ0v) is 4.14. The molecule has 0 N–H and O–H groups in total. The molecule has 0 amide bonds. The molecule has 1 aromatic heterocycles. The van der Waals surface area contributed by atoms with Crippen LogP contribution in [0.15, 0.2) is 10.6 Å². The van der Waals surface area contributed by atoms with Crippen LogP contribution in [0.1, 0.15) is 11.7 Å². The largest absolute Gasteiger partial charge is 0.446 e. The molecule has 1 rings (SSSR count). The average molecular weight is 96.1 g/mol. The van der Waals surface area contributed by atoms with E-state index in [2.05, 4.69) is 11.9 Å². The smallest absolute Gasteiger partial charge is 0.191 e. The minimum Gasteiger partial charge on any atom is -0.446 e. The average Bonchev–Trinajstić information content (AvgIpc) is 1.87. The van der Waals surface area contributed by atoms with E-state index < -0.39 is 0 Å². The molecule has 0 aliphatic rings. The maximum Gasteiger partial charge on any atom is 0.191 e. The molecule has 0 aliphatic heterocycles. The maximum absolute atomic E-state index is 4.86. The molecule has 1 radical (unpaired) electrons. The highest BCUT2D eigenvalue weighted by Gasteiger charge is 1.87. The van der Waals surface area contributed by atoms with E-state index in [1.165, 1.54) is 0 Å². The summed E-state index contributed by atoms with van der Waals surface area (Å²) >= 11 is 0. The van der Waals surface area contributed by atoms with Crippen LogP contribution in [0.3, 0.4) is 0 Å². The lowest BCUT2D eigenvalue weighted by atomic mass is 10.6. The van der Waals surface area contributed by atoms with Gasteiger partial charge in [-0.15, -0.1) is 0 Å². The minimum atomic E-state index is 0.623. The van der Waals surface area contributed by atoms with Gasteiger partial charge in [-0.1, -0.05) is 0 Å². The fourth-order valence-corrected chi connectivity index (χ4v) is 0.405. The van der Waals surface area contributed by atoms with Gasteiger partial charge in [0.1, 0.15) is 5.76 Å². The maximum atomic E-state index is 4.86. The first-order valence-electron chi connectivity index (χ1n) is 2.03. The Balaban J connectivity index is 3.04. The van der Waals surface area contributed by atoms with Gasteiger partial charge in [-0.2, -0.15) is 0 Å². The molecular weight excluding hydrogens is 90.1 g/mol. The Morgan fingerprint density at radius 3 is 2.71 bits per heavy atom. The highest BCUT2D eigenvalue weighted by Crippen LogP contribution is 1.96. The fraction of sp³-hybridized carbons (Fsp3) is 0.200. The monoisotopic (exact) mass is 96.0 g/mol. The van der Waals surface area contributed by atoms with Crippen LogP contribution in [0.25, 0.3) is 0 Å². The highest BCUT2D eigenvalue weighted by atomic mass is 16.3. The minimum absolute atomic E-state index is 0.623. The number of hydrogen-bond acceptors (Lipinski definition) is 2. The molecular formula is C5H6NO. The van der Waals surface area contributed by atoms with Crippen LogP contribution in [0.2, 0.25) is 0 Å². The van der Waals surface area contributed by atoms with Gasteiger partial charge in [0.05, 0.1) is 6.20 Å². The molecule has 0 unspecified atom stereocenters. The quantitative estimate of drug-likeness (QED) is 0.484. The van der Waals surface area contributed by atoms with Gasteiger partial charge in [0.15, 0.2) is 5.89 Å². The summed E-state index contributed by atoms with van der Waals surface area (Å²) in [5.74, 6) is 1.29. The van der Waals surface area contributed by atoms with Crippen LogP contribution in [-0.2, 0) is 0 Å². The zero-order chi connectivity index (χ0) is 5.28. The number of aryl methyl sites for hydroxylation is 1. The topological polar surface area (TPSA) is 26.0 Å². The van der Waals surface area contributed by atoms with Crippen molar-refractivity contribution >= 4 is 0 Å². The summed E-state index contributed by atoms with van der Waals surface area (Å²) in [5, 5.41) is 0. The molecule has 0 spiro atoms. The molecule has 1 heterocycles. The van der Waals surface area contributed by atoms with E-state index in [-0.39, 0.29) is 0 Å². The lowest BCUT2D eigenvalue weighted by Gasteiger charge is -1.73. The molecule has 0 atom stereocenters. The highest BCUT2D eigenvalue weighted by molar-refractivity contribution is 4.95. The SMILES string of the molecule is [CH2]c1cnc(C)o1. The summed E-state index contributed by atoms with van der Waals surface area (Å²) in [6, 6.07) is 0. The normalized spacial score (nSPS) is 9.43. The number of nitrogens with zero attached hydrogens (tertiary/aromatic N) is 1. The predicted molar refractivity (Wildman–Crippen MR) is 25.7 cm³/mol. The lowest BCUT2D eigenvalue weighted by molar-refractivity contribution is 0.506. The molecule has 7 heavy (non-hydrogen) atoms. The standard InChI is InChI=1S/C5H6NO/c1-4-3-6-5(2)7-4/h3H,1H2,2H3. The third-order valence-electron chi connectivity index (χ3n) is 0.669. The van der Waals surface area contributed by atoms with Crippen molar-refractivity contribution in [3.8, 4) is 0 Å². The Bertz CT molecular complexity index is 140. The van der Waals surface area contributed by atoms with E-state index in [4.69, 9.17) is 4.42 Å². The summed E-state index contributed by atoms with van der Waals surface area (Å²) in [4.78, 5) is 3.79. The van der Waals surface area contributed by atoms with Gasteiger partial charge >= 0.3 is 0 Å². The second kappa shape index (κ2) is 1.37. The molecule has 2 heteroatoms. The first kappa shape index (κ1) is 4.37. The van der Waals surface area contributed by atoms with E-state index in [0.717, 1.165) is 0 Å². The molecule has 0 aliphatic carbocycles. The second-order valence-electron chi connectivity index (χ2n) is 1.35. The Labute approximate surface area is 42.2 Å². The van der Waals surface area contributed by atoms with E-state index in [9.17, 15) is 0 Å². The summed E-state index contributed by atoms with van der Waals surface area (Å²) < 4.78 is 4.86. The first-order valence-corrected chi connectivity index (χ1v) is 2.03. The van der Waals surface area contributed by atoms with E-state index in [1.807, 2.05) is 0 Å². The Hall–Kier alpha value is -0.790. The van der Waals surface area contributed by atoms with Gasteiger partial charge in [-0.05, 0) is 0 Å². The van der Waals surface area contributed by atoms with Gasteiger partial charge in [-0.3, -0.25) is 0 Å². The molecule has 0 saturated carbocycles. The first-order chi connectivity index (χ1) is 3.29. The molecule has 0 bridgehead atoms. The summed E-state index contributed by atoms with van der Waals surface area (Å²) in [5.41, 5.74) is 0. The lowest BCUT2D eigenvalue weighted by Crippen LogP contribution is -1.59. The Morgan fingerprint density at radius 2 is 2.57 bits per heavy atom. The molecule has 2 nitrogen and oxygen atoms in total. The van der Waals surface area contributed by atoms with Crippen LogP contribution in [0.5, 0.6) is 0 Å². The third kappa shape index (κ3) is 0.796. The van der Waals surface area contributed by atoms with Crippen molar-refractivity contribution in [2.75, 3.05) is 0 Å². The molecule has 0 aromatic carbocycles. The van der Waals surface area contributed by atoms with Gasteiger partial charge in [0.25, 0.3) is 0 Å². The van der Waals surface area contributed by atoms with Gasteiger partial charge < -0.3 is 4.42 Å². The van der Waals surface area contributed by atoms with Crippen LogP contribution in [0.4, 0.5) is 0 Å².